The normalized spacial score (nSPS) is 13.9. The zero-order valence-electron chi connectivity index (χ0n) is 52.9. The van der Waals surface area contributed by atoms with Gasteiger partial charge in [0.25, 0.3) is 0 Å². The summed E-state index contributed by atoms with van der Waals surface area (Å²) in [5, 5.41) is 0. The molecule has 0 aromatic heterocycles. The monoisotopic (exact) mass is 1170 g/mol. The van der Waals surface area contributed by atoms with Gasteiger partial charge in [-0.15, -0.1) is 0 Å². The first-order chi connectivity index (χ1) is 40.8. The lowest BCUT2D eigenvalue weighted by Gasteiger charge is -2.19. The molecule has 0 aliphatic carbocycles. The average Bonchev–Trinajstić information content (AvgIpc) is 3.48. The Balaban J connectivity index is 3.96. The third-order valence-corrected chi connectivity index (χ3v) is 14.7. The number of rotatable bonds is 61. The predicted octanol–water partition coefficient (Wildman–Crippen LogP) is 21.9. The van der Waals surface area contributed by atoms with E-state index in [1.54, 1.807) is 0 Å². The maximum Gasteiger partial charge on any atom is 0.472 e. The Morgan fingerprint density at radius 1 is 0.361 bits per heavy atom. The summed E-state index contributed by atoms with van der Waals surface area (Å²) in [4.78, 5) is 35.3. The van der Waals surface area contributed by atoms with Gasteiger partial charge >= 0.3 is 19.8 Å². The maximum atomic E-state index is 12.7. The van der Waals surface area contributed by atoms with Gasteiger partial charge in [0, 0.05) is 19.4 Å². The minimum atomic E-state index is -4.41. The lowest BCUT2D eigenvalue weighted by Crippen LogP contribution is -2.29. The number of carbonyl (C=O) groups excluding carboxylic acids is 2. The average molecular weight is 1170 g/mol. The Morgan fingerprint density at radius 2 is 0.627 bits per heavy atom. The van der Waals surface area contributed by atoms with Crippen molar-refractivity contribution in [2.24, 2.45) is 5.73 Å². The van der Waals surface area contributed by atoms with Crippen LogP contribution in [-0.4, -0.2) is 49.3 Å². The van der Waals surface area contributed by atoms with E-state index in [-0.39, 0.29) is 32.6 Å². The smallest absolute Gasteiger partial charge is 0.462 e. The van der Waals surface area contributed by atoms with Crippen LogP contribution < -0.4 is 5.73 Å². The van der Waals surface area contributed by atoms with Crippen molar-refractivity contribution in [2.75, 3.05) is 26.4 Å². The van der Waals surface area contributed by atoms with Crippen LogP contribution in [-0.2, 0) is 32.7 Å². The summed E-state index contributed by atoms with van der Waals surface area (Å²) >= 11 is 0. The summed E-state index contributed by atoms with van der Waals surface area (Å²) in [7, 11) is -4.41. The Labute approximate surface area is 509 Å². The Hall–Kier alpha value is -4.11. The second-order valence-corrected chi connectivity index (χ2v) is 23.0. The van der Waals surface area contributed by atoms with E-state index in [9.17, 15) is 19.0 Å². The number of phosphoric ester groups is 1. The highest BCUT2D eigenvalue weighted by atomic mass is 31.2. The van der Waals surface area contributed by atoms with Crippen molar-refractivity contribution in [2.45, 2.75) is 277 Å². The van der Waals surface area contributed by atoms with E-state index in [0.717, 1.165) is 109 Å². The van der Waals surface area contributed by atoms with E-state index in [2.05, 4.69) is 160 Å². The Kier molecular flexibility index (Phi) is 63.7. The molecule has 0 bridgehead atoms. The first-order valence-corrected chi connectivity index (χ1v) is 34.8. The van der Waals surface area contributed by atoms with E-state index in [1.807, 2.05) is 0 Å². The number of allylic oxidation sites excluding steroid dienone is 24. The predicted molar refractivity (Wildman–Crippen MR) is 357 cm³/mol. The van der Waals surface area contributed by atoms with Crippen LogP contribution in [0.15, 0.2) is 146 Å². The fraction of sp³-hybridized carbons (Fsp3) is 0.644. The van der Waals surface area contributed by atoms with E-state index in [1.165, 1.54) is 128 Å². The molecule has 0 aliphatic heterocycles. The van der Waals surface area contributed by atoms with Crippen LogP contribution in [0.2, 0.25) is 0 Å². The molecular weight excluding hydrogens is 1050 g/mol. The number of phosphoric acid groups is 1. The first kappa shape index (κ1) is 78.9. The number of hydrogen-bond acceptors (Lipinski definition) is 8. The Morgan fingerprint density at radius 3 is 0.952 bits per heavy atom. The molecule has 0 fully saturated rings. The molecule has 472 valence electrons. The maximum absolute atomic E-state index is 12.7. The molecule has 10 heteroatoms. The van der Waals surface area contributed by atoms with E-state index >= 15 is 0 Å². The summed E-state index contributed by atoms with van der Waals surface area (Å²) in [6.07, 6.45) is 96.5. The van der Waals surface area contributed by atoms with Crippen LogP contribution in [0.3, 0.4) is 0 Å². The standard InChI is InChI=1S/C73H122NO8P/c1-3-5-7-9-11-13-15-17-19-21-23-25-27-29-31-32-33-34-35-36-37-38-40-41-43-45-47-49-51-53-55-57-59-61-63-65-72(75)79-69-71(70-81-83(77,78)80-68-67-74)82-73(76)66-64-62-60-58-56-54-52-50-48-46-44-42-39-30-28-26-24-22-20-18-16-14-12-10-8-6-4-2/h5-8,11-14,17-20,23-26,30,39,44,46,50,52,56,58,71H,3-4,9-10,15-16,21-22,27-29,31-38,40-43,45,47-49,51,53-55,57,59-70,74H2,1-2H3,(H,77,78)/b7-5-,8-6-,13-11-,14-12-,19-17-,20-18-,25-23-,26-24-,39-30-,46-44-,52-50-,58-56-. The summed E-state index contributed by atoms with van der Waals surface area (Å²) in [5.41, 5.74) is 5.39. The molecule has 0 radical (unpaired) electrons. The SMILES string of the molecule is CC/C=C\C/C=C\C/C=C\C/C=C\C/C=C\C/C=C\C/C=C\C/C=C\CCCCC(=O)OC(COC(=O)CCCCCCCCCCCCCCCCCCCCCCCC/C=C\C/C=C\C/C=C\C/C=C\CC)COP(=O)(O)OCCN. The van der Waals surface area contributed by atoms with Crippen LogP contribution >= 0.6 is 7.82 Å². The lowest BCUT2D eigenvalue weighted by molar-refractivity contribution is -0.161. The quantitative estimate of drug-likeness (QED) is 0.0264. The van der Waals surface area contributed by atoms with Gasteiger partial charge in [-0.2, -0.15) is 0 Å². The van der Waals surface area contributed by atoms with Crippen molar-refractivity contribution in [3.05, 3.63) is 146 Å². The third kappa shape index (κ3) is 66.9. The van der Waals surface area contributed by atoms with Crippen molar-refractivity contribution < 1.29 is 37.6 Å². The van der Waals surface area contributed by atoms with Gasteiger partial charge in [0.15, 0.2) is 6.10 Å². The molecule has 2 unspecified atom stereocenters. The van der Waals surface area contributed by atoms with Gasteiger partial charge in [-0.1, -0.05) is 288 Å². The molecule has 0 rings (SSSR count). The first-order valence-electron chi connectivity index (χ1n) is 33.3. The summed E-state index contributed by atoms with van der Waals surface area (Å²) in [5.74, 6) is -0.880. The number of esters is 2. The van der Waals surface area contributed by atoms with Crippen molar-refractivity contribution >= 4 is 19.8 Å². The zero-order chi connectivity index (χ0) is 60.1. The molecule has 9 nitrogen and oxygen atoms in total. The number of hydrogen-bond donors (Lipinski definition) is 2. The summed E-state index contributed by atoms with van der Waals surface area (Å²) in [6, 6.07) is 0. The molecule has 0 aliphatic rings. The summed E-state index contributed by atoms with van der Waals surface area (Å²) in [6.45, 7) is 3.47. The van der Waals surface area contributed by atoms with Crippen molar-refractivity contribution in [3.8, 4) is 0 Å². The molecule has 83 heavy (non-hydrogen) atoms. The van der Waals surface area contributed by atoms with Crippen molar-refractivity contribution in [1.29, 1.82) is 0 Å². The number of carbonyl (C=O) groups is 2. The Bertz CT molecular complexity index is 1870. The van der Waals surface area contributed by atoms with Gasteiger partial charge in [0.05, 0.1) is 13.2 Å². The molecule has 0 spiro atoms. The van der Waals surface area contributed by atoms with Gasteiger partial charge in [0.1, 0.15) is 6.61 Å². The van der Waals surface area contributed by atoms with Crippen LogP contribution in [0.4, 0.5) is 0 Å². The molecule has 0 aromatic carbocycles. The molecule has 0 saturated carbocycles. The molecule has 0 aromatic rings. The number of ether oxygens (including phenoxy) is 2. The fourth-order valence-corrected chi connectivity index (χ4v) is 9.64. The third-order valence-electron chi connectivity index (χ3n) is 13.7. The summed E-state index contributed by atoms with van der Waals surface area (Å²) < 4.78 is 33.1. The van der Waals surface area contributed by atoms with Crippen LogP contribution in [0.5, 0.6) is 0 Å². The second-order valence-electron chi connectivity index (χ2n) is 21.6. The highest BCUT2D eigenvalue weighted by Crippen LogP contribution is 2.43. The zero-order valence-corrected chi connectivity index (χ0v) is 53.8. The van der Waals surface area contributed by atoms with Gasteiger partial charge in [0.2, 0.25) is 0 Å². The molecule has 2 atom stereocenters. The minimum Gasteiger partial charge on any atom is -0.462 e. The minimum absolute atomic E-state index is 0.0398. The van der Waals surface area contributed by atoms with Crippen LogP contribution in [0, 0.1) is 0 Å². The second kappa shape index (κ2) is 67.0. The molecule has 0 amide bonds. The molecule has 3 N–H and O–H groups in total. The van der Waals surface area contributed by atoms with Gasteiger partial charge in [-0.05, 0) is 116 Å². The molecular formula is C73H122NO8P. The van der Waals surface area contributed by atoms with E-state index in [0.29, 0.717) is 6.42 Å². The van der Waals surface area contributed by atoms with Gasteiger partial charge in [-0.3, -0.25) is 18.6 Å². The topological polar surface area (TPSA) is 134 Å². The van der Waals surface area contributed by atoms with Gasteiger partial charge in [-0.25, -0.2) is 4.57 Å². The van der Waals surface area contributed by atoms with Crippen molar-refractivity contribution in [1.82, 2.24) is 0 Å². The number of nitrogens with two attached hydrogens (primary N) is 1. The van der Waals surface area contributed by atoms with E-state index < -0.39 is 32.5 Å². The molecule has 0 saturated heterocycles. The largest absolute Gasteiger partial charge is 0.472 e. The van der Waals surface area contributed by atoms with Gasteiger partial charge < -0.3 is 20.1 Å². The fourth-order valence-electron chi connectivity index (χ4n) is 8.88. The van der Waals surface area contributed by atoms with Crippen LogP contribution in [0.25, 0.3) is 0 Å². The van der Waals surface area contributed by atoms with Crippen LogP contribution in [0.1, 0.15) is 271 Å². The van der Waals surface area contributed by atoms with E-state index in [4.69, 9.17) is 24.3 Å². The highest BCUT2D eigenvalue weighted by Gasteiger charge is 2.26. The van der Waals surface area contributed by atoms with Crippen molar-refractivity contribution in [3.63, 3.8) is 0 Å². The molecule has 0 heterocycles. The highest BCUT2D eigenvalue weighted by molar-refractivity contribution is 7.47. The number of unbranched alkanes of at least 4 members (excludes halogenated alkanes) is 24. The lowest BCUT2D eigenvalue weighted by atomic mass is 10.0.